The molecule has 0 saturated heterocycles. The summed E-state index contributed by atoms with van der Waals surface area (Å²) in [6, 6.07) is 5.40. The highest BCUT2D eigenvalue weighted by molar-refractivity contribution is 7.89. The molecule has 0 spiro atoms. The number of carbonyl (C=O) groups is 1. The van der Waals surface area contributed by atoms with E-state index in [9.17, 15) is 13.2 Å². The van der Waals surface area contributed by atoms with E-state index in [0.717, 1.165) is 0 Å². The van der Waals surface area contributed by atoms with Crippen LogP contribution < -0.4 is 10.0 Å². The highest BCUT2D eigenvalue weighted by Crippen LogP contribution is 2.11. The van der Waals surface area contributed by atoms with Crippen LogP contribution in [0.3, 0.4) is 0 Å². The number of terminal acetylenes is 1. The number of hydrogen-bond donors (Lipinski definition) is 3. The number of amides is 1. The molecule has 21 heavy (non-hydrogen) atoms. The van der Waals surface area contributed by atoms with E-state index in [4.69, 9.17) is 6.42 Å². The summed E-state index contributed by atoms with van der Waals surface area (Å²) in [5.74, 6) is 1.94. The van der Waals surface area contributed by atoms with Crippen molar-refractivity contribution in [1.29, 1.82) is 0 Å². The molecule has 0 radical (unpaired) electrons. The molecule has 0 atom stereocenters. The summed E-state index contributed by atoms with van der Waals surface area (Å²) in [6.07, 6.45) is 6.25. The van der Waals surface area contributed by atoms with Crippen molar-refractivity contribution in [2.75, 3.05) is 11.9 Å². The number of sulfonamides is 1. The molecular weight excluding hydrogens is 294 g/mol. The number of carbonyl (C=O) groups excluding carboxylic acids is 1. The van der Waals surface area contributed by atoms with Gasteiger partial charge in [-0.25, -0.2) is 13.5 Å². The van der Waals surface area contributed by atoms with Gasteiger partial charge in [-0.1, -0.05) is 5.92 Å². The number of anilines is 1. The van der Waals surface area contributed by atoms with Gasteiger partial charge >= 0.3 is 0 Å². The first-order valence-corrected chi connectivity index (χ1v) is 7.21. The third-order valence-electron chi connectivity index (χ3n) is 2.44. The Labute approximate surface area is 121 Å². The van der Waals surface area contributed by atoms with Crippen LogP contribution in [0, 0.1) is 12.3 Å². The van der Waals surface area contributed by atoms with Gasteiger partial charge in [0.1, 0.15) is 6.33 Å². The molecular formula is C12H11N5O3S. The summed E-state index contributed by atoms with van der Waals surface area (Å²) in [6.45, 7) is -0.101. The van der Waals surface area contributed by atoms with Crippen molar-refractivity contribution in [3.8, 4) is 12.3 Å². The average Bonchev–Trinajstić information content (AvgIpc) is 2.98. The number of nitrogens with zero attached hydrogens (tertiary/aromatic N) is 2. The van der Waals surface area contributed by atoms with E-state index < -0.39 is 15.9 Å². The maximum absolute atomic E-state index is 11.9. The number of aromatic nitrogens is 3. The van der Waals surface area contributed by atoms with Crippen molar-refractivity contribution in [1.82, 2.24) is 19.9 Å². The highest BCUT2D eigenvalue weighted by atomic mass is 32.2. The molecule has 2 rings (SSSR count). The lowest BCUT2D eigenvalue weighted by molar-refractivity contribution is 0.102. The minimum atomic E-state index is -3.67. The number of nitrogens with one attached hydrogen (secondary N) is 3. The maximum atomic E-state index is 11.9. The van der Waals surface area contributed by atoms with Crippen LogP contribution in [-0.4, -0.2) is 36.1 Å². The zero-order valence-corrected chi connectivity index (χ0v) is 11.5. The zero-order chi connectivity index (χ0) is 15.3. The van der Waals surface area contributed by atoms with Crippen LogP contribution in [-0.2, 0) is 10.0 Å². The minimum Gasteiger partial charge on any atom is -0.291 e. The molecule has 1 heterocycles. The van der Waals surface area contributed by atoms with E-state index in [0.29, 0.717) is 0 Å². The van der Waals surface area contributed by atoms with Gasteiger partial charge in [-0.2, -0.15) is 14.8 Å². The lowest BCUT2D eigenvalue weighted by atomic mass is 10.2. The molecule has 0 fully saturated rings. The van der Waals surface area contributed by atoms with Crippen LogP contribution in [0.4, 0.5) is 5.95 Å². The Morgan fingerprint density at radius 1 is 1.33 bits per heavy atom. The molecule has 8 nitrogen and oxygen atoms in total. The molecule has 1 aromatic heterocycles. The van der Waals surface area contributed by atoms with Gasteiger partial charge in [0, 0.05) is 5.56 Å². The monoisotopic (exact) mass is 305 g/mol. The van der Waals surface area contributed by atoms with Crippen molar-refractivity contribution in [2.24, 2.45) is 0 Å². The molecule has 0 unspecified atom stereocenters. The largest absolute Gasteiger partial charge is 0.291 e. The van der Waals surface area contributed by atoms with Crippen LogP contribution in [0.15, 0.2) is 35.5 Å². The number of hydrogen-bond acceptors (Lipinski definition) is 5. The van der Waals surface area contributed by atoms with Crippen LogP contribution >= 0.6 is 0 Å². The van der Waals surface area contributed by atoms with Gasteiger partial charge < -0.3 is 0 Å². The second-order valence-electron chi connectivity index (χ2n) is 3.84. The van der Waals surface area contributed by atoms with E-state index in [-0.39, 0.29) is 23.0 Å². The first-order valence-electron chi connectivity index (χ1n) is 5.73. The van der Waals surface area contributed by atoms with Gasteiger partial charge in [0.2, 0.25) is 16.0 Å². The Bertz CT molecular complexity index is 760. The molecule has 0 saturated carbocycles. The van der Waals surface area contributed by atoms with Crippen LogP contribution in [0.25, 0.3) is 0 Å². The number of aromatic amines is 1. The topological polar surface area (TPSA) is 117 Å². The summed E-state index contributed by atoms with van der Waals surface area (Å²) >= 11 is 0. The van der Waals surface area contributed by atoms with Crippen molar-refractivity contribution in [3.63, 3.8) is 0 Å². The first-order chi connectivity index (χ1) is 10.0. The average molecular weight is 305 g/mol. The van der Waals surface area contributed by atoms with Gasteiger partial charge in [0.25, 0.3) is 5.91 Å². The fourth-order valence-electron chi connectivity index (χ4n) is 1.45. The smallest absolute Gasteiger partial charge is 0.258 e. The first kappa shape index (κ1) is 14.7. The maximum Gasteiger partial charge on any atom is 0.258 e. The number of H-pyrrole nitrogens is 1. The van der Waals surface area contributed by atoms with Crippen LogP contribution in [0.1, 0.15) is 10.4 Å². The molecule has 3 N–H and O–H groups in total. The van der Waals surface area contributed by atoms with E-state index in [1.807, 2.05) is 0 Å². The number of benzene rings is 1. The van der Waals surface area contributed by atoms with E-state index in [1.165, 1.54) is 30.6 Å². The molecule has 108 valence electrons. The molecule has 0 bridgehead atoms. The second-order valence-corrected chi connectivity index (χ2v) is 5.61. The molecule has 1 amide bonds. The number of rotatable bonds is 5. The molecule has 2 aromatic rings. The Balaban J connectivity index is 2.12. The lowest BCUT2D eigenvalue weighted by Gasteiger charge is -2.05. The fourth-order valence-corrected chi connectivity index (χ4v) is 2.39. The Morgan fingerprint density at radius 3 is 2.62 bits per heavy atom. The van der Waals surface area contributed by atoms with Gasteiger partial charge in [0.05, 0.1) is 11.4 Å². The van der Waals surface area contributed by atoms with Gasteiger partial charge in [-0.05, 0) is 24.3 Å². The molecule has 0 aliphatic carbocycles. The lowest BCUT2D eigenvalue weighted by Crippen LogP contribution is -2.24. The van der Waals surface area contributed by atoms with Gasteiger partial charge in [0.15, 0.2) is 0 Å². The van der Waals surface area contributed by atoms with Crippen molar-refractivity contribution in [2.45, 2.75) is 4.90 Å². The van der Waals surface area contributed by atoms with Crippen LogP contribution in [0.5, 0.6) is 0 Å². The van der Waals surface area contributed by atoms with E-state index >= 15 is 0 Å². The zero-order valence-electron chi connectivity index (χ0n) is 10.7. The third kappa shape index (κ3) is 3.65. The van der Waals surface area contributed by atoms with Gasteiger partial charge in [-0.15, -0.1) is 6.42 Å². The molecule has 1 aromatic carbocycles. The fraction of sp³-hybridized carbons (Fsp3) is 0.0833. The standard InChI is InChI=1S/C12H11N5O3S/c1-2-7-15-21(19,20)10-5-3-9(4-6-10)11(18)16-12-13-8-14-17-12/h1,3-6,8,15H,7H2,(H2,13,14,16,17,18). The highest BCUT2D eigenvalue weighted by Gasteiger charge is 2.14. The van der Waals surface area contributed by atoms with Crippen molar-refractivity contribution >= 4 is 21.9 Å². The quantitative estimate of drug-likeness (QED) is 0.671. The summed E-state index contributed by atoms with van der Waals surface area (Å²) in [7, 11) is -3.67. The minimum absolute atomic E-state index is 0.0222. The molecule has 0 aliphatic rings. The molecule has 0 aliphatic heterocycles. The van der Waals surface area contributed by atoms with Gasteiger partial charge in [-0.3, -0.25) is 10.1 Å². The summed E-state index contributed by atoms with van der Waals surface area (Å²) in [4.78, 5) is 15.6. The Morgan fingerprint density at radius 2 is 2.05 bits per heavy atom. The summed E-state index contributed by atoms with van der Waals surface area (Å²) in [5, 5.41) is 8.54. The Hall–Kier alpha value is -2.70. The van der Waals surface area contributed by atoms with E-state index in [1.54, 1.807) is 0 Å². The van der Waals surface area contributed by atoms with Crippen molar-refractivity contribution in [3.05, 3.63) is 36.2 Å². The Kier molecular flexibility index (Phi) is 4.32. The van der Waals surface area contributed by atoms with E-state index in [2.05, 4.69) is 31.1 Å². The van der Waals surface area contributed by atoms with Crippen molar-refractivity contribution < 1.29 is 13.2 Å². The second kappa shape index (κ2) is 6.17. The third-order valence-corrected chi connectivity index (χ3v) is 3.86. The summed E-state index contributed by atoms with van der Waals surface area (Å²) in [5.41, 5.74) is 0.280. The molecule has 9 heteroatoms. The SMILES string of the molecule is C#CCNS(=O)(=O)c1ccc(C(=O)Nc2ncn[nH]2)cc1. The summed E-state index contributed by atoms with van der Waals surface area (Å²) < 4.78 is 25.8. The predicted molar refractivity (Wildman–Crippen MR) is 74.8 cm³/mol. The normalized spacial score (nSPS) is 10.8. The predicted octanol–water partition coefficient (Wildman–Crippen LogP) is -0.0315. The van der Waals surface area contributed by atoms with Crippen LogP contribution in [0.2, 0.25) is 0 Å².